The smallest absolute Gasteiger partial charge is 0.289 e. The quantitative estimate of drug-likeness (QED) is 0.543. The number of carbonyl (C=O) groups is 2. The van der Waals surface area contributed by atoms with E-state index in [1.165, 1.54) is 13.1 Å². The Bertz CT molecular complexity index is 543. The van der Waals surface area contributed by atoms with Gasteiger partial charge in [-0.3, -0.25) is 20.3 Å². The van der Waals surface area contributed by atoms with Crippen molar-refractivity contribution in [1.82, 2.24) is 24.8 Å². The summed E-state index contributed by atoms with van der Waals surface area (Å²) in [6.45, 7) is 6.48. The second kappa shape index (κ2) is 5.55. The fraction of sp³-hybridized carbons (Fsp3) is 0.615. The van der Waals surface area contributed by atoms with Crippen LogP contribution >= 0.6 is 0 Å². The van der Waals surface area contributed by atoms with Crippen molar-refractivity contribution in [2.24, 2.45) is 5.84 Å². The van der Waals surface area contributed by atoms with E-state index < -0.39 is 0 Å². The summed E-state index contributed by atoms with van der Waals surface area (Å²) in [6, 6.07) is 0.407. The van der Waals surface area contributed by atoms with E-state index in [-0.39, 0.29) is 17.5 Å². The molecule has 0 aromatic carbocycles. The van der Waals surface area contributed by atoms with Gasteiger partial charge in [0.05, 0.1) is 6.20 Å². The maximum absolute atomic E-state index is 12.2. The Morgan fingerprint density at radius 3 is 2.52 bits per heavy atom. The predicted molar refractivity (Wildman–Crippen MR) is 75.6 cm³/mol. The number of aromatic nitrogens is 2. The number of nitrogens with zero attached hydrogens (tertiary/aromatic N) is 4. The van der Waals surface area contributed by atoms with Crippen molar-refractivity contribution in [3.8, 4) is 0 Å². The van der Waals surface area contributed by atoms with E-state index in [1.54, 1.807) is 4.90 Å². The van der Waals surface area contributed by atoms with Crippen LogP contribution in [0.4, 0.5) is 0 Å². The first-order chi connectivity index (χ1) is 10.0. The van der Waals surface area contributed by atoms with Gasteiger partial charge in [0.25, 0.3) is 5.91 Å². The summed E-state index contributed by atoms with van der Waals surface area (Å²) < 4.78 is 0. The lowest BCUT2D eigenvalue weighted by atomic mass is 10.1. The third-order valence-corrected chi connectivity index (χ3v) is 4.17. The number of amides is 1. The van der Waals surface area contributed by atoms with Crippen molar-refractivity contribution in [3.05, 3.63) is 17.7 Å². The first kappa shape index (κ1) is 14.2. The van der Waals surface area contributed by atoms with Crippen LogP contribution in [0.2, 0.25) is 0 Å². The summed E-state index contributed by atoms with van der Waals surface area (Å²) in [5, 5.41) is 1.82. The van der Waals surface area contributed by atoms with Gasteiger partial charge in [-0.05, 0) is 0 Å². The molecule has 8 nitrogen and oxygen atoms in total. The fourth-order valence-electron chi connectivity index (χ4n) is 2.71. The van der Waals surface area contributed by atoms with Crippen LogP contribution in [-0.2, 0) is 0 Å². The number of hydrogen-bond donors (Lipinski definition) is 2. The molecular weight excluding hydrogens is 272 g/mol. The minimum Gasteiger partial charge on any atom is -0.333 e. The van der Waals surface area contributed by atoms with E-state index in [4.69, 9.17) is 5.84 Å². The molecule has 21 heavy (non-hydrogen) atoms. The molecule has 1 aromatic rings. The molecule has 0 atom stereocenters. The van der Waals surface area contributed by atoms with E-state index in [1.807, 2.05) is 5.01 Å². The van der Waals surface area contributed by atoms with Gasteiger partial charge in [-0.25, -0.2) is 9.99 Å². The molecule has 2 aliphatic rings. The summed E-state index contributed by atoms with van der Waals surface area (Å²) in [7, 11) is 0. The Morgan fingerprint density at radius 2 is 1.95 bits per heavy atom. The van der Waals surface area contributed by atoms with Crippen LogP contribution in [-0.4, -0.2) is 81.8 Å². The molecule has 0 spiro atoms. The van der Waals surface area contributed by atoms with Crippen molar-refractivity contribution in [1.29, 1.82) is 0 Å². The molecule has 8 heteroatoms. The average Bonchev–Trinajstić information content (AvgIpc) is 2.89. The number of aromatic amines is 1. The number of hydrogen-bond acceptors (Lipinski definition) is 6. The molecule has 0 saturated carbocycles. The van der Waals surface area contributed by atoms with Crippen LogP contribution in [0.3, 0.4) is 0 Å². The van der Waals surface area contributed by atoms with Gasteiger partial charge in [0.2, 0.25) is 0 Å². The van der Waals surface area contributed by atoms with Gasteiger partial charge < -0.3 is 9.88 Å². The summed E-state index contributed by atoms with van der Waals surface area (Å²) in [6.07, 6.45) is 1.41. The molecule has 114 valence electrons. The van der Waals surface area contributed by atoms with Gasteiger partial charge >= 0.3 is 0 Å². The maximum Gasteiger partial charge on any atom is 0.289 e. The predicted octanol–water partition coefficient (Wildman–Crippen LogP) is -1.07. The van der Waals surface area contributed by atoms with Crippen molar-refractivity contribution in [2.75, 3.05) is 39.3 Å². The second-order valence-electron chi connectivity index (χ2n) is 5.64. The van der Waals surface area contributed by atoms with Crippen LogP contribution in [0.1, 0.15) is 28.0 Å². The first-order valence-electron chi connectivity index (χ1n) is 7.13. The van der Waals surface area contributed by atoms with Gasteiger partial charge in [-0.1, -0.05) is 0 Å². The largest absolute Gasteiger partial charge is 0.333 e. The van der Waals surface area contributed by atoms with Crippen LogP contribution in [0.25, 0.3) is 0 Å². The van der Waals surface area contributed by atoms with E-state index in [2.05, 4.69) is 14.9 Å². The highest BCUT2D eigenvalue weighted by atomic mass is 16.2. The van der Waals surface area contributed by atoms with Crippen LogP contribution in [0, 0.1) is 0 Å². The number of piperazine rings is 1. The molecule has 2 aliphatic heterocycles. The van der Waals surface area contributed by atoms with Gasteiger partial charge in [-0.15, -0.1) is 0 Å². The van der Waals surface area contributed by atoms with Crippen LogP contribution < -0.4 is 5.84 Å². The maximum atomic E-state index is 12.2. The highest BCUT2D eigenvalue weighted by Gasteiger charge is 2.37. The molecule has 1 aromatic heterocycles. The van der Waals surface area contributed by atoms with Crippen molar-refractivity contribution in [2.45, 2.75) is 13.0 Å². The molecule has 1 amide bonds. The van der Waals surface area contributed by atoms with Gasteiger partial charge in [0, 0.05) is 52.2 Å². The average molecular weight is 292 g/mol. The number of imidazole rings is 1. The number of carbonyl (C=O) groups excluding carboxylic acids is 2. The van der Waals surface area contributed by atoms with Crippen LogP contribution in [0.15, 0.2) is 6.20 Å². The normalized spacial score (nSPS) is 21.3. The Morgan fingerprint density at radius 1 is 1.29 bits per heavy atom. The standard InChI is InChI=1S/C13H20N6O2/c1-9(20)11-6-15-12(16-11)13(21)18-7-10(8-18)17-2-4-19(14)5-3-17/h6,10H,2-5,7-8,14H2,1H3,(H,15,16). The van der Waals surface area contributed by atoms with Crippen molar-refractivity contribution >= 4 is 11.7 Å². The van der Waals surface area contributed by atoms with E-state index in [0.29, 0.717) is 24.8 Å². The zero-order valence-electron chi connectivity index (χ0n) is 12.1. The number of likely N-dealkylation sites (tertiary alicyclic amines) is 1. The Labute approximate surface area is 122 Å². The zero-order chi connectivity index (χ0) is 15.0. The van der Waals surface area contributed by atoms with E-state index in [0.717, 1.165) is 26.2 Å². The number of nitrogens with two attached hydrogens (primary N) is 1. The van der Waals surface area contributed by atoms with Crippen molar-refractivity contribution < 1.29 is 9.59 Å². The van der Waals surface area contributed by atoms with Crippen molar-refractivity contribution in [3.63, 3.8) is 0 Å². The topological polar surface area (TPSA) is 98.6 Å². The summed E-state index contributed by atoms with van der Waals surface area (Å²) >= 11 is 0. The second-order valence-corrected chi connectivity index (χ2v) is 5.64. The van der Waals surface area contributed by atoms with E-state index in [9.17, 15) is 9.59 Å². The minimum absolute atomic E-state index is 0.123. The molecule has 3 heterocycles. The van der Waals surface area contributed by atoms with Gasteiger partial charge in [0.15, 0.2) is 11.6 Å². The zero-order valence-corrected chi connectivity index (χ0v) is 12.1. The summed E-state index contributed by atoms with van der Waals surface area (Å²) in [4.78, 5) is 34.3. The van der Waals surface area contributed by atoms with Crippen LogP contribution in [0.5, 0.6) is 0 Å². The lowest BCUT2D eigenvalue weighted by molar-refractivity contribution is 0.00691. The number of hydrazine groups is 1. The van der Waals surface area contributed by atoms with Gasteiger partial charge in [0.1, 0.15) is 5.69 Å². The highest BCUT2D eigenvalue weighted by Crippen LogP contribution is 2.18. The molecule has 0 radical (unpaired) electrons. The molecule has 0 aliphatic carbocycles. The Balaban J connectivity index is 1.53. The SMILES string of the molecule is CC(=O)c1cnc(C(=O)N2CC(N3CCN(N)CC3)C2)[nH]1. The molecule has 0 unspecified atom stereocenters. The monoisotopic (exact) mass is 292 g/mol. The third-order valence-electron chi connectivity index (χ3n) is 4.17. The summed E-state index contributed by atoms with van der Waals surface area (Å²) in [5.74, 6) is 5.71. The molecule has 0 bridgehead atoms. The highest BCUT2D eigenvalue weighted by molar-refractivity contribution is 5.95. The third kappa shape index (κ3) is 2.82. The number of nitrogens with one attached hydrogen (secondary N) is 1. The minimum atomic E-state index is -0.142. The number of Topliss-reactive ketones (excluding diaryl/α,β-unsaturated/α-hetero) is 1. The molecule has 2 fully saturated rings. The summed E-state index contributed by atoms with van der Waals surface area (Å²) in [5.41, 5.74) is 0.370. The Hall–Kier alpha value is -1.77. The number of H-pyrrole nitrogens is 1. The lowest BCUT2D eigenvalue weighted by Crippen LogP contribution is -2.64. The lowest BCUT2D eigenvalue weighted by Gasteiger charge is -2.47. The molecule has 2 saturated heterocycles. The fourth-order valence-corrected chi connectivity index (χ4v) is 2.71. The number of ketones is 1. The molecule has 3 N–H and O–H groups in total. The first-order valence-corrected chi connectivity index (χ1v) is 7.13. The molecule has 3 rings (SSSR count). The van der Waals surface area contributed by atoms with Gasteiger partial charge in [-0.2, -0.15) is 0 Å². The Kier molecular flexibility index (Phi) is 3.75. The molecular formula is C13H20N6O2. The number of rotatable bonds is 3. The van der Waals surface area contributed by atoms with E-state index >= 15 is 0 Å².